The molecule has 10 heterocycles. The molecule has 0 unspecified atom stereocenters. The van der Waals surface area contributed by atoms with Gasteiger partial charge in [0.2, 0.25) is 29.1 Å². The highest BCUT2D eigenvalue weighted by atomic mass is 35.5. The summed E-state index contributed by atoms with van der Waals surface area (Å²) in [5.41, 5.74) is 8.97. The molecule has 43 heteroatoms. The van der Waals surface area contributed by atoms with Crippen LogP contribution in [0.3, 0.4) is 0 Å². The lowest BCUT2D eigenvalue weighted by Crippen LogP contribution is -2.04. The number of benzene rings is 5. The first kappa shape index (κ1) is 76.3. The van der Waals surface area contributed by atoms with Crippen LogP contribution >= 0.6 is 104 Å². The summed E-state index contributed by atoms with van der Waals surface area (Å²) in [6.07, 6.45) is 8.96. The van der Waals surface area contributed by atoms with Gasteiger partial charge in [-0.15, -0.1) is 20.4 Å². The zero-order valence-corrected chi connectivity index (χ0v) is 61.5. The molecular formula is C65H41Cl9F2N24O8. The Morgan fingerprint density at radius 3 is 1.17 bits per heavy atom. The van der Waals surface area contributed by atoms with Crippen LogP contribution in [0.1, 0.15) is 29.5 Å². The summed E-state index contributed by atoms with van der Waals surface area (Å²) in [6, 6.07) is 25.3. The average Bonchev–Trinajstić information content (AvgIpc) is 1.45. The maximum absolute atomic E-state index is 14.5. The third-order valence-electron chi connectivity index (χ3n) is 14.9. The van der Waals surface area contributed by atoms with Crippen molar-refractivity contribution in [3.8, 4) is 120 Å². The molecule has 0 radical (unpaired) electrons. The molecule has 0 saturated heterocycles. The number of aromatic nitrogens is 24. The van der Waals surface area contributed by atoms with Crippen molar-refractivity contribution in [2.75, 3.05) is 7.11 Å². The summed E-state index contributed by atoms with van der Waals surface area (Å²) in [6.45, 7) is 3.93. The van der Waals surface area contributed by atoms with Crippen molar-refractivity contribution in [3.63, 3.8) is 0 Å². The Morgan fingerprint density at radius 2 is 0.750 bits per heavy atom. The van der Waals surface area contributed by atoms with Crippen molar-refractivity contribution in [1.82, 2.24) is 122 Å². The second kappa shape index (κ2) is 34.5. The first-order valence-corrected chi connectivity index (χ1v) is 33.9. The van der Waals surface area contributed by atoms with E-state index in [1.807, 2.05) is 32.0 Å². The SMILES string of the molecule is COCc1c(-c2ccc(OC3CC3)c(Cl)c2)ncnc1-c1noc(=O)[nH]1.Cc1c(-c2ccc(Cl)c(Cl)c2)ncnc1-c1nn[nH]n1.Cc1c(-c2ccc(Cl)c(Cl)c2)ncnc1-c1noc(=O)[nH]1.Fc1c(-c2ccc(Cl)c(Cl)c2)ncnc1-c1nn[nH]n1.O=c1[nH]c(-c2ncnc(-c3ccc(Cl)c(Cl)c3)c2F)no1. The van der Waals surface area contributed by atoms with E-state index in [0.717, 1.165) is 52.7 Å². The van der Waals surface area contributed by atoms with E-state index in [1.165, 1.54) is 43.5 Å². The summed E-state index contributed by atoms with van der Waals surface area (Å²) in [5.74, 6) is -2.06. The molecule has 0 atom stereocenters. The molecule has 1 aliphatic carbocycles. The summed E-state index contributed by atoms with van der Waals surface area (Å²) >= 11 is 53.7. The topological polar surface area (TPSA) is 433 Å². The van der Waals surface area contributed by atoms with Gasteiger partial charge in [-0.3, -0.25) is 28.5 Å². The highest BCUT2D eigenvalue weighted by Gasteiger charge is 2.26. The van der Waals surface area contributed by atoms with E-state index in [2.05, 4.69) is 135 Å². The maximum Gasteiger partial charge on any atom is 0.439 e. The molecule has 1 aliphatic rings. The van der Waals surface area contributed by atoms with Crippen LogP contribution in [0.4, 0.5) is 8.78 Å². The lowest BCUT2D eigenvalue weighted by atomic mass is 10.0. The average molecular weight is 1640 g/mol. The zero-order chi connectivity index (χ0) is 76.3. The lowest BCUT2D eigenvalue weighted by Gasteiger charge is -2.13. The first-order valence-electron chi connectivity index (χ1n) is 30.5. The predicted molar refractivity (Wildman–Crippen MR) is 391 cm³/mol. The quantitative estimate of drug-likeness (QED) is 0.0675. The van der Waals surface area contributed by atoms with Crippen LogP contribution in [0, 0.1) is 25.5 Å². The van der Waals surface area contributed by atoms with Gasteiger partial charge in [0.05, 0.1) is 75.0 Å². The number of hydrogen-bond acceptors (Lipinski definition) is 27. The predicted octanol–water partition coefficient (Wildman–Crippen LogP) is 14.6. The number of nitrogens with one attached hydrogen (secondary N) is 5. The van der Waals surface area contributed by atoms with Crippen molar-refractivity contribution in [2.45, 2.75) is 39.4 Å². The standard InChI is InChI=1S/C17H15ClN4O4.C13H8Cl2N4O2.C12H5Cl2FN4O2.C12H8Cl2N6.C11H5Cl2FN6/c1-24-7-11-14(19-8-20-15(11)16-21-17(23)26-22-16)9-2-5-13(12(18)6-9)25-10-3-4-10;1-6-10(7-2-3-8(14)9(15)4-7)16-5-17-11(6)12-18-13(20)21-19-12;13-6-2-1-5(3-7(6)14)9-8(15)10(17-4-16-9)11-18-12(20)21-19-11;1-6-10(7-2-3-8(13)9(14)4-7)15-5-16-11(6)12-17-19-20-18-12;12-6-2-1-5(3-7(6)13)9-8(14)10(16-4-15-9)11-17-19-20-18-11/h2,5-6,8,10H,3-4,7H2,1H3,(H,21,22,23);2-5H,1H3,(H,18,19,20);1-4H,(H,18,19,20);2-5H,1H3,(H,17,18,19,20);1-4H,(H,17,18,19,20). The Morgan fingerprint density at radius 1 is 0.407 bits per heavy atom. The van der Waals surface area contributed by atoms with Gasteiger partial charge in [0, 0.05) is 51.6 Å². The normalized spacial score (nSPS) is 11.5. The minimum Gasteiger partial charge on any atom is -0.489 e. The second-order valence-electron chi connectivity index (χ2n) is 21.9. The van der Waals surface area contributed by atoms with E-state index < -0.39 is 28.9 Å². The molecule has 16 rings (SSSR count). The molecule has 5 aromatic carbocycles. The van der Waals surface area contributed by atoms with Gasteiger partial charge in [0.25, 0.3) is 0 Å². The molecule has 0 spiro atoms. The van der Waals surface area contributed by atoms with E-state index >= 15 is 0 Å². The number of halogens is 11. The number of rotatable bonds is 14. The molecule has 1 saturated carbocycles. The Hall–Kier alpha value is -11.3. The summed E-state index contributed by atoms with van der Waals surface area (Å²) in [4.78, 5) is 81.2. The summed E-state index contributed by atoms with van der Waals surface area (Å²) < 4.78 is 53.4. The Kier molecular flexibility index (Phi) is 24.4. The van der Waals surface area contributed by atoms with Gasteiger partial charge < -0.3 is 9.47 Å². The molecular weight excluding hydrogens is 1600 g/mol. The number of tetrazole rings is 2. The van der Waals surface area contributed by atoms with Gasteiger partial charge >= 0.3 is 17.3 Å². The number of hydrogen-bond donors (Lipinski definition) is 5. The van der Waals surface area contributed by atoms with Crippen LogP contribution in [-0.4, -0.2) is 135 Å². The van der Waals surface area contributed by atoms with E-state index in [4.69, 9.17) is 114 Å². The number of ether oxygens (including phenoxy) is 2. The number of methoxy groups -OCH3 is 1. The summed E-state index contributed by atoms with van der Waals surface area (Å²) in [5, 5.41) is 41.2. The van der Waals surface area contributed by atoms with E-state index in [0.29, 0.717) is 96.9 Å². The number of aromatic amines is 5. The molecule has 0 bridgehead atoms. The molecule has 32 nitrogen and oxygen atoms in total. The molecule has 5 N–H and O–H groups in total. The van der Waals surface area contributed by atoms with Gasteiger partial charge in [0.1, 0.15) is 71.5 Å². The van der Waals surface area contributed by atoms with Crippen LogP contribution in [-0.2, 0) is 11.3 Å². The molecule has 15 aromatic rings. The maximum atomic E-state index is 14.5. The molecule has 0 aliphatic heterocycles. The van der Waals surface area contributed by atoms with Crippen LogP contribution in [0.2, 0.25) is 45.2 Å². The van der Waals surface area contributed by atoms with Crippen molar-refractivity contribution >= 4 is 104 Å². The third kappa shape index (κ3) is 18.0. The van der Waals surface area contributed by atoms with Gasteiger partial charge in [-0.2, -0.15) is 10.4 Å². The molecule has 1 fully saturated rings. The van der Waals surface area contributed by atoms with Gasteiger partial charge in [-0.1, -0.05) is 144 Å². The van der Waals surface area contributed by atoms with Crippen molar-refractivity contribution < 1.29 is 31.8 Å². The fourth-order valence-electron chi connectivity index (χ4n) is 9.76. The minimum atomic E-state index is -0.806. The minimum absolute atomic E-state index is 0.00224. The third-order valence-corrected chi connectivity index (χ3v) is 18.1. The van der Waals surface area contributed by atoms with Crippen LogP contribution in [0.25, 0.3) is 114 Å². The second-order valence-corrected chi connectivity index (χ2v) is 25.6. The summed E-state index contributed by atoms with van der Waals surface area (Å²) in [7, 11) is 1.56. The Bertz CT molecular complexity index is 5650. The fraction of sp³-hybridized carbons (Fsp3) is 0.108. The Balaban J connectivity index is 0.000000127. The number of nitrogens with zero attached hydrogens (tertiary/aromatic N) is 19. The zero-order valence-electron chi connectivity index (χ0n) is 54.7. The first-order chi connectivity index (χ1) is 52.1. The lowest BCUT2D eigenvalue weighted by molar-refractivity contribution is 0.185. The van der Waals surface area contributed by atoms with Crippen molar-refractivity contribution in [2.24, 2.45) is 0 Å². The van der Waals surface area contributed by atoms with E-state index in [9.17, 15) is 23.2 Å². The van der Waals surface area contributed by atoms with Crippen LogP contribution in [0.15, 0.2) is 151 Å². The van der Waals surface area contributed by atoms with Crippen molar-refractivity contribution in [3.05, 3.63) is 228 Å². The fourth-order valence-corrected chi connectivity index (χ4v) is 11.2. The molecule has 108 heavy (non-hydrogen) atoms. The van der Waals surface area contributed by atoms with Gasteiger partial charge in [0.15, 0.2) is 17.3 Å². The highest BCUT2D eigenvalue weighted by molar-refractivity contribution is 6.43. The van der Waals surface area contributed by atoms with E-state index in [1.54, 1.807) is 61.7 Å². The molecule has 10 aromatic heterocycles. The van der Waals surface area contributed by atoms with Crippen LogP contribution in [0.5, 0.6) is 5.75 Å². The van der Waals surface area contributed by atoms with Crippen molar-refractivity contribution in [1.29, 1.82) is 0 Å². The number of H-pyrrole nitrogens is 5. The highest BCUT2D eigenvalue weighted by Crippen LogP contribution is 2.39. The molecule has 546 valence electrons. The van der Waals surface area contributed by atoms with Gasteiger partial charge in [-0.25, -0.2) is 73.0 Å². The monoisotopic (exact) mass is 1640 g/mol. The molecule has 0 amide bonds. The van der Waals surface area contributed by atoms with E-state index in [-0.39, 0.29) is 63.8 Å². The van der Waals surface area contributed by atoms with Crippen LogP contribution < -0.4 is 22.0 Å². The van der Waals surface area contributed by atoms with Gasteiger partial charge in [-0.05, 0) is 104 Å². The smallest absolute Gasteiger partial charge is 0.439 e. The Labute approximate surface area is 647 Å². The largest absolute Gasteiger partial charge is 0.489 e.